The van der Waals surface area contributed by atoms with Gasteiger partial charge in [-0.15, -0.1) is 0 Å². The molecule has 4 nitrogen and oxygen atoms in total. The van der Waals surface area contributed by atoms with Crippen molar-refractivity contribution in [3.8, 4) is 0 Å². The maximum Gasteiger partial charge on any atom is 0.179 e. The number of hydrogen-bond donors (Lipinski definition) is 1. The van der Waals surface area contributed by atoms with E-state index in [2.05, 4.69) is 0 Å². The molecule has 0 aromatic heterocycles. The number of sulfone groups is 1. The first kappa shape index (κ1) is 12.6. The van der Waals surface area contributed by atoms with Gasteiger partial charge in [-0.3, -0.25) is 0 Å². The van der Waals surface area contributed by atoms with Gasteiger partial charge in [-0.2, -0.15) is 0 Å². The van der Waals surface area contributed by atoms with E-state index in [-0.39, 0.29) is 11.6 Å². The fourth-order valence-electron chi connectivity index (χ4n) is 1.14. The van der Waals surface area contributed by atoms with E-state index in [1.165, 1.54) is 0 Å². The smallest absolute Gasteiger partial charge is 0.179 e. The Morgan fingerprint density at radius 1 is 1.31 bits per heavy atom. The molecule has 0 amide bonds. The molecule has 0 atom stereocenters. The second-order valence-corrected chi connectivity index (χ2v) is 5.58. The number of benzene rings is 1. The highest BCUT2D eigenvalue weighted by Gasteiger charge is 2.10. The fraction of sp³-hybridized carbons (Fsp3) is 0.273. The van der Waals surface area contributed by atoms with Crippen LogP contribution in [-0.4, -0.2) is 27.4 Å². The monoisotopic (exact) mass is 240 g/mol. The van der Waals surface area contributed by atoms with E-state index < -0.39 is 9.84 Å². The van der Waals surface area contributed by atoms with Crippen molar-refractivity contribution in [1.29, 1.82) is 0 Å². The van der Waals surface area contributed by atoms with Gasteiger partial charge in [0.25, 0.3) is 0 Å². The van der Waals surface area contributed by atoms with Crippen LogP contribution >= 0.6 is 0 Å². The third-order valence-corrected chi connectivity index (χ3v) is 3.36. The molecule has 0 aliphatic heterocycles. The molecular weight excluding hydrogens is 224 g/mol. The lowest BCUT2D eigenvalue weighted by Gasteiger charge is -2.11. The van der Waals surface area contributed by atoms with Crippen LogP contribution in [0.3, 0.4) is 0 Å². The van der Waals surface area contributed by atoms with E-state index >= 15 is 0 Å². The standard InChI is InChI=1S/C11H16N2O2S/c1-13(2)11(12)9-16(14,15)8-10-6-4-3-5-7-10/h3-7,9H,8,12H2,1-2H3/b11-9+. The van der Waals surface area contributed by atoms with Crippen LogP contribution in [0.25, 0.3) is 0 Å². The highest BCUT2D eigenvalue weighted by molar-refractivity contribution is 7.93. The first-order valence-corrected chi connectivity index (χ1v) is 6.53. The van der Waals surface area contributed by atoms with Crippen molar-refractivity contribution < 1.29 is 8.42 Å². The topological polar surface area (TPSA) is 63.4 Å². The molecule has 5 heteroatoms. The Bertz CT molecular complexity index is 464. The van der Waals surface area contributed by atoms with E-state index in [4.69, 9.17) is 5.73 Å². The van der Waals surface area contributed by atoms with Crippen LogP contribution in [0.1, 0.15) is 5.56 Å². The summed E-state index contributed by atoms with van der Waals surface area (Å²) >= 11 is 0. The van der Waals surface area contributed by atoms with E-state index in [1.807, 2.05) is 18.2 Å². The first-order valence-electron chi connectivity index (χ1n) is 4.82. The Morgan fingerprint density at radius 3 is 2.38 bits per heavy atom. The number of rotatable bonds is 4. The van der Waals surface area contributed by atoms with Crippen molar-refractivity contribution in [3.05, 3.63) is 47.1 Å². The highest BCUT2D eigenvalue weighted by Crippen LogP contribution is 2.08. The average Bonchev–Trinajstić information content (AvgIpc) is 2.17. The zero-order chi connectivity index (χ0) is 12.2. The lowest BCUT2D eigenvalue weighted by molar-refractivity contribution is 0.505. The molecule has 0 saturated heterocycles. The summed E-state index contributed by atoms with van der Waals surface area (Å²) in [4.78, 5) is 1.56. The molecule has 88 valence electrons. The molecule has 1 aromatic carbocycles. The molecule has 1 rings (SSSR count). The summed E-state index contributed by atoms with van der Waals surface area (Å²) in [6.45, 7) is 0. The predicted molar refractivity (Wildman–Crippen MR) is 65.0 cm³/mol. The zero-order valence-electron chi connectivity index (χ0n) is 9.42. The summed E-state index contributed by atoms with van der Waals surface area (Å²) in [7, 11) is 0.0890. The van der Waals surface area contributed by atoms with Crippen LogP contribution in [-0.2, 0) is 15.6 Å². The Hall–Kier alpha value is -1.49. The molecule has 16 heavy (non-hydrogen) atoms. The molecule has 0 fully saturated rings. The Kier molecular flexibility index (Phi) is 3.95. The summed E-state index contributed by atoms with van der Waals surface area (Å²) in [5.41, 5.74) is 6.32. The normalized spacial score (nSPS) is 12.5. The lowest BCUT2D eigenvalue weighted by Crippen LogP contribution is -2.20. The van der Waals surface area contributed by atoms with Crippen LogP contribution in [0, 0.1) is 0 Å². The molecule has 0 aliphatic carbocycles. The molecule has 0 saturated carbocycles. The van der Waals surface area contributed by atoms with Crippen molar-refractivity contribution in [2.75, 3.05) is 14.1 Å². The lowest BCUT2D eigenvalue weighted by atomic mass is 10.2. The second-order valence-electron chi connectivity index (χ2n) is 3.73. The minimum absolute atomic E-state index is 0.0254. The SMILES string of the molecule is CN(C)/C(N)=C/S(=O)(=O)Cc1ccccc1. The summed E-state index contributed by atoms with van der Waals surface area (Å²) in [6.07, 6.45) is 0. The van der Waals surface area contributed by atoms with Gasteiger partial charge in [0.1, 0.15) is 5.82 Å². The molecule has 0 spiro atoms. The summed E-state index contributed by atoms with van der Waals surface area (Å²) in [6, 6.07) is 9.02. The van der Waals surface area contributed by atoms with Crippen LogP contribution in [0.15, 0.2) is 41.6 Å². The van der Waals surface area contributed by atoms with Crippen molar-refractivity contribution in [2.24, 2.45) is 5.73 Å². The van der Waals surface area contributed by atoms with Crippen LogP contribution in [0.2, 0.25) is 0 Å². The average molecular weight is 240 g/mol. The highest BCUT2D eigenvalue weighted by atomic mass is 32.2. The van der Waals surface area contributed by atoms with Crippen LogP contribution in [0.5, 0.6) is 0 Å². The van der Waals surface area contributed by atoms with Gasteiger partial charge in [-0.1, -0.05) is 30.3 Å². The van der Waals surface area contributed by atoms with Gasteiger partial charge < -0.3 is 10.6 Å². The van der Waals surface area contributed by atoms with Crippen molar-refractivity contribution >= 4 is 9.84 Å². The van der Waals surface area contributed by atoms with E-state index in [9.17, 15) is 8.42 Å². The van der Waals surface area contributed by atoms with Gasteiger partial charge in [-0.25, -0.2) is 8.42 Å². The molecule has 0 radical (unpaired) electrons. The van der Waals surface area contributed by atoms with Gasteiger partial charge in [0.05, 0.1) is 11.2 Å². The van der Waals surface area contributed by atoms with E-state index in [1.54, 1.807) is 31.1 Å². The van der Waals surface area contributed by atoms with E-state index in [0.29, 0.717) is 0 Å². The molecule has 2 N–H and O–H groups in total. The maximum atomic E-state index is 11.7. The molecular formula is C11H16N2O2S. The van der Waals surface area contributed by atoms with Gasteiger partial charge >= 0.3 is 0 Å². The minimum atomic E-state index is -3.31. The number of nitrogens with zero attached hydrogens (tertiary/aromatic N) is 1. The summed E-state index contributed by atoms with van der Waals surface area (Å²) < 4.78 is 23.5. The van der Waals surface area contributed by atoms with Crippen LogP contribution < -0.4 is 5.73 Å². The first-order chi connectivity index (χ1) is 7.41. The molecule has 0 heterocycles. The Morgan fingerprint density at radius 2 is 1.88 bits per heavy atom. The fourth-order valence-corrected chi connectivity index (χ4v) is 2.46. The molecule has 1 aromatic rings. The summed E-state index contributed by atoms with van der Waals surface area (Å²) in [5.74, 6) is 0.207. The second kappa shape index (κ2) is 5.03. The molecule has 0 bridgehead atoms. The Labute approximate surface area is 96.3 Å². The van der Waals surface area contributed by atoms with Crippen LogP contribution in [0.4, 0.5) is 0 Å². The third-order valence-electron chi connectivity index (χ3n) is 2.03. The van der Waals surface area contributed by atoms with E-state index in [0.717, 1.165) is 11.0 Å². The van der Waals surface area contributed by atoms with Crippen molar-refractivity contribution in [1.82, 2.24) is 4.90 Å². The predicted octanol–water partition coefficient (Wildman–Crippen LogP) is 0.921. The van der Waals surface area contributed by atoms with Gasteiger partial charge in [0, 0.05) is 14.1 Å². The quantitative estimate of drug-likeness (QED) is 0.850. The zero-order valence-corrected chi connectivity index (χ0v) is 10.2. The summed E-state index contributed by atoms with van der Waals surface area (Å²) in [5, 5.41) is 1.10. The van der Waals surface area contributed by atoms with Gasteiger partial charge in [0.2, 0.25) is 0 Å². The minimum Gasteiger partial charge on any atom is -0.385 e. The largest absolute Gasteiger partial charge is 0.385 e. The van der Waals surface area contributed by atoms with Gasteiger partial charge in [0.15, 0.2) is 9.84 Å². The Balaban J connectivity index is 2.86. The maximum absolute atomic E-state index is 11.7. The van der Waals surface area contributed by atoms with Crippen molar-refractivity contribution in [2.45, 2.75) is 5.75 Å². The molecule has 0 aliphatic rings. The van der Waals surface area contributed by atoms with Crippen molar-refractivity contribution in [3.63, 3.8) is 0 Å². The van der Waals surface area contributed by atoms with Gasteiger partial charge in [-0.05, 0) is 5.56 Å². The third kappa shape index (κ3) is 3.94. The number of hydrogen-bond acceptors (Lipinski definition) is 4. The molecule has 0 unspecified atom stereocenters. The number of nitrogens with two attached hydrogens (primary N) is 1.